The van der Waals surface area contributed by atoms with Crippen molar-refractivity contribution in [1.29, 1.82) is 0 Å². The van der Waals surface area contributed by atoms with Crippen molar-refractivity contribution in [3.8, 4) is 0 Å². The van der Waals surface area contributed by atoms with Gasteiger partial charge in [0.1, 0.15) is 0 Å². The van der Waals surface area contributed by atoms with Gasteiger partial charge in [-0.15, -0.1) is 0 Å². The largest absolute Gasteiger partial charge is 0.449 e. The van der Waals surface area contributed by atoms with Crippen molar-refractivity contribution in [2.75, 3.05) is 0 Å². The highest BCUT2D eigenvalue weighted by Gasteiger charge is 2.36. The van der Waals surface area contributed by atoms with Crippen LogP contribution >= 0.6 is 0 Å². The summed E-state index contributed by atoms with van der Waals surface area (Å²) >= 11 is 0. The Morgan fingerprint density at radius 1 is 0.692 bits per heavy atom. The average Bonchev–Trinajstić information content (AvgIpc) is 2.59. The Labute approximate surface area is 156 Å². The van der Waals surface area contributed by atoms with E-state index in [1.165, 1.54) is 0 Å². The predicted octanol–water partition coefficient (Wildman–Crippen LogP) is 7.43. The number of allylic oxidation sites excluding steroid dienone is 10. The molecule has 0 aromatic carbocycles. The first-order valence-corrected chi connectivity index (χ1v) is 9.33. The molecule has 0 fully saturated rings. The molecule has 0 atom stereocenters. The molecule has 0 unspecified atom stereocenters. The van der Waals surface area contributed by atoms with Crippen LogP contribution in [0.5, 0.6) is 0 Å². The van der Waals surface area contributed by atoms with Crippen LogP contribution in [-0.2, 0) is 4.79 Å². The fourth-order valence-electron chi connectivity index (χ4n) is 2.05. The van der Waals surface area contributed by atoms with Crippen molar-refractivity contribution >= 4 is 5.78 Å². The van der Waals surface area contributed by atoms with Gasteiger partial charge >= 0.3 is 6.18 Å². The molecular formula is C22H31F3O. The van der Waals surface area contributed by atoms with Crippen LogP contribution < -0.4 is 0 Å². The van der Waals surface area contributed by atoms with Crippen LogP contribution in [0.2, 0.25) is 0 Å². The molecule has 0 heterocycles. The van der Waals surface area contributed by atoms with Crippen molar-refractivity contribution < 1.29 is 18.0 Å². The summed E-state index contributed by atoms with van der Waals surface area (Å²) in [5.74, 6) is -1.63. The molecule has 0 radical (unpaired) electrons. The van der Waals surface area contributed by atoms with Crippen LogP contribution in [0.4, 0.5) is 13.2 Å². The molecule has 4 heteroatoms. The maximum Gasteiger partial charge on any atom is 0.449 e. The monoisotopic (exact) mass is 368 g/mol. The van der Waals surface area contributed by atoms with Crippen LogP contribution in [0.15, 0.2) is 60.8 Å². The number of halogens is 3. The quantitative estimate of drug-likeness (QED) is 0.230. The highest BCUT2D eigenvalue weighted by Crippen LogP contribution is 2.19. The van der Waals surface area contributed by atoms with E-state index in [0.29, 0.717) is 6.42 Å². The topological polar surface area (TPSA) is 17.1 Å². The zero-order chi connectivity index (χ0) is 19.5. The van der Waals surface area contributed by atoms with E-state index in [9.17, 15) is 18.0 Å². The van der Waals surface area contributed by atoms with Crippen LogP contribution in [0.1, 0.15) is 64.7 Å². The SMILES string of the molecule is CC/C=C\C/C=C\C/C=C\C/C=C\CC/C=C/CCCC(=O)C(F)(F)F. The predicted molar refractivity (Wildman–Crippen MR) is 104 cm³/mol. The van der Waals surface area contributed by atoms with E-state index in [1.54, 1.807) is 0 Å². The average molecular weight is 368 g/mol. The summed E-state index contributed by atoms with van der Waals surface area (Å²) in [6, 6.07) is 0. The van der Waals surface area contributed by atoms with Crippen LogP contribution in [-0.4, -0.2) is 12.0 Å². The smallest absolute Gasteiger partial charge is 0.290 e. The fraction of sp³-hybridized carbons (Fsp3) is 0.500. The lowest BCUT2D eigenvalue weighted by molar-refractivity contribution is -0.171. The zero-order valence-electron chi connectivity index (χ0n) is 15.7. The van der Waals surface area contributed by atoms with Gasteiger partial charge < -0.3 is 0 Å². The van der Waals surface area contributed by atoms with Crippen LogP contribution in [0.25, 0.3) is 0 Å². The molecule has 0 N–H and O–H groups in total. The molecule has 0 spiro atoms. The minimum Gasteiger partial charge on any atom is -0.290 e. The number of hydrogen-bond donors (Lipinski definition) is 0. The second-order valence-corrected chi connectivity index (χ2v) is 5.86. The number of unbranched alkanes of at least 4 members (excludes halogenated alkanes) is 2. The van der Waals surface area contributed by atoms with Crippen LogP contribution in [0, 0.1) is 0 Å². The molecule has 0 aliphatic carbocycles. The summed E-state index contributed by atoms with van der Waals surface area (Å²) in [7, 11) is 0. The van der Waals surface area contributed by atoms with Gasteiger partial charge in [-0.25, -0.2) is 0 Å². The number of alkyl halides is 3. The van der Waals surface area contributed by atoms with Crippen molar-refractivity contribution in [3.63, 3.8) is 0 Å². The number of Topliss-reactive ketones (excluding diaryl/α,β-unsaturated/α-hetero) is 1. The molecule has 0 rings (SSSR count). The summed E-state index contributed by atoms with van der Waals surface area (Å²) in [6.45, 7) is 2.12. The second-order valence-electron chi connectivity index (χ2n) is 5.86. The molecule has 0 aromatic rings. The number of ketones is 1. The van der Waals surface area contributed by atoms with Gasteiger partial charge in [0.25, 0.3) is 0 Å². The Hall–Kier alpha value is -1.84. The first-order valence-electron chi connectivity index (χ1n) is 9.33. The van der Waals surface area contributed by atoms with Crippen molar-refractivity contribution in [2.24, 2.45) is 0 Å². The normalized spacial score (nSPS) is 13.4. The first kappa shape index (κ1) is 24.2. The van der Waals surface area contributed by atoms with Crippen molar-refractivity contribution in [1.82, 2.24) is 0 Å². The van der Waals surface area contributed by atoms with Crippen LogP contribution in [0.3, 0.4) is 0 Å². The molecule has 0 saturated carbocycles. The Kier molecular flexibility index (Phi) is 15.4. The molecular weight excluding hydrogens is 337 g/mol. The summed E-state index contributed by atoms with van der Waals surface area (Å²) in [6.07, 6.45) is 22.3. The molecule has 0 saturated heterocycles. The van der Waals surface area contributed by atoms with E-state index >= 15 is 0 Å². The van der Waals surface area contributed by atoms with E-state index in [1.807, 2.05) is 12.2 Å². The Bertz CT molecular complexity index is 494. The van der Waals surface area contributed by atoms with E-state index < -0.39 is 18.4 Å². The highest BCUT2D eigenvalue weighted by molar-refractivity contribution is 5.83. The summed E-state index contributed by atoms with van der Waals surface area (Å²) in [4.78, 5) is 10.7. The van der Waals surface area contributed by atoms with E-state index in [2.05, 4.69) is 55.5 Å². The molecule has 0 amide bonds. The molecule has 0 aliphatic rings. The fourth-order valence-corrected chi connectivity index (χ4v) is 2.05. The van der Waals surface area contributed by atoms with E-state index in [0.717, 1.165) is 38.5 Å². The molecule has 0 aromatic heterocycles. The summed E-state index contributed by atoms with van der Waals surface area (Å²) in [5, 5.41) is 0. The van der Waals surface area contributed by atoms with Gasteiger partial charge in [-0.05, 0) is 51.4 Å². The molecule has 0 bridgehead atoms. The second kappa shape index (κ2) is 16.6. The van der Waals surface area contributed by atoms with Gasteiger partial charge in [0.2, 0.25) is 5.78 Å². The summed E-state index contributed by atoms with van der Waals surface area (Å²) < 4.78 is 36.0. The van der Waals surface area contributed by atoms with Gasteiger partial charge in [-0.1, -0.05) is 67.7 Å². The summed E-state index contributed by atoms with van der Waals surface area (Å²) in [5.41, 5.74) is 0. The Balaban J connectivity index is 3.54. The van der Waals surface area contributed by atoms with Crippen molar-refractivity contribution in [3.05, 3.63) is 60.8 Å². The Morgan fingerprint density at radius 2 is 1.12 bits per heavy atom. The molecule has 146 valence electrons. The van der Waals surface area contributed by atoms with Gasteiger partial charge in [0.15, 0.2) is 0 Å². The Morgan fingerprint density at radius 3 is 1.62 bits per heavy atom. The lowest BCUT2D eigenvalue weighted by Crippen LogP contribution is -2.22. The van der Waals surface area contributed by atoms with Gasteiger partial charge in [0, 0.05) is 6.42 Å². The maximum atomic E-state index is 12.0. The number of carbonyl (C=O) groups excluding carboxylic acids is 1. The molecule has 0 aliphatic heterocycles. The van der Waals surface area contributed by atoms with Gasteiger partial charge in [-0.3, -0.25) is 4.79 Å². The minimum atomic E-state index is -4.69. The lowest BCUT2D eigenvalue weighted by Gasteiger charge is -2.02. The standard InChI is InChI=1S/C22H31F3O/c1-2-3-4-5-6-7-8-9-10-11-12-13-14-15-16-17-18-19-20-21(26)22(23,24)25/h3-4,6-7,9-10,12-13,16-17H,2,5,8,11,14-15,18-20H2,1H3/b4-3-,7-6-,10-9-,13-12-,17-16+. The third kappa shape index (κ3) is 17.0. The lowest BCUT2D eigenvalue weighted by atomic mass is 10.1. The molecule has 1 nitrogen and oxygen atoms in total. The van der Waals surface area contributed by atoms with Gasteiger partial charge in [-0.2, -0.15) is 13.2 Å². The zero-order valence-corrected chi connectivity index (χ0v) is 15.7. The van der Waals surface area contributed by atoms with E-state index in [-0.39, 0.29) is 6.42 Å². The number of hydrogen-bond acceptors (Lipinski definition) is 1. The van der Waals surface area contributed by atoms with Gasteiger partial charge in [0.05, 0.1) is 0 Å². The third-order valence-electron chi connectivity index (χ3n) is 3.48. The third-order valence-corrected chi connectivity index (χ3v) is 3.48. The minimum absolute atomic E-state index is 0.249. The van der Waals surface area contributed by atoms with E-state index in [4.69, 9.17) is 0 Å². The maximum absolute atomic E-state index is 12.0. The number of rotatable bonds is 14. The number of carbonyl (C=O) groups is 1. The van der Waals surface area contributed by atoms with Crippen molar-refractivity contribution in [2.45, 2.75) is 70.9 Å². The highest BCUT2D eigenvalue weighted by atomic mass is 19.4. The molecule has 26 heavy (non-hydrogen) atoms. The first-order chi connectivity index (χ1) is 12.5.